The van der Waals surface area contributed by atoms with E-state index in [0.717, 1.165) is 0 Å². The summed E-state index contributed by atoms with van der Waals surface area (Å²) < 4.78 is 10.9. The van der Waals surface area contributed by atoms with Crippen molar-refractivity contribution < 1.29 is 14.6 Å². The molecule has 116 valence electrons. The number of aliphatic hydroxyl groups is 1. The van der Waals surface area contributed by atoms with Crippen LogP contribution in [0.4, 0.5) is 5.69 Å². The van der Waals surface area contributed by atoms with E-state index < -0.39 is 12.4 Å². The molecule has 2 heterocycles. The summed E-state index contributed by atoms with van der Waals surface area (Å²) in [6.45, 7) is 0.956. The molecule has 1 saturated heterocycles. The molecule has 0 bridgehead atoms. The lowest BCUT2D eigenvalue weighted by molar-refractivity contribution is -0.0470. The maximum absolute atomic E-state index is 10.6. The number of nitrogens with zero attached hydrogens (tertiary/aromatic N) is 1. The van der Waals surface area contributed by atoms with E-state index >= 15 is 0 Å². The lowest BCUT2D eigenvalue weighted by Gasteiger charge is -2.11. The number of aromatic amines is 1. The van der Waals surface area contributed by atoms with Gasteiger partial charge in [-0.05, 0) is 23.8 Å². The Labute approximate surface area is 127 Å². The number of ether oxygens (including phenoxy) is 2. The Morgan fingerprint density at radius 1 is 1.36 bits per heavy atom. The molecule has 4 N–H and O–H groups in total. The third kappa shape index (κ3) is 2.87. The third-order valence-corrected chi connectivity index (χ3v) is 3.57. The van der Waals surface area contributed by atoms with Crippen LogP contribution in [0.15, 0.2) is 35.5 Å². The first-order valence-corrected chi connectivity index (χ1v) is 6.96. The second kappa shape index (κ2) is 6.27. The summed E-state index contributed by atoms with van der Waals surface area (Å²) in [5.41, 5.74) is 8.72. The van der Waals surface area contributed by atoms with Gasteiger partial charge < -0.3 is 25.3 Å². The van der Waals surface area contributed by atoms with Crippen molar-refractivity contribution in [1.29, 1.82) is 0 Å². The van der Waals surface area contributed by atoms with Gasteiger partial charge in [0.2, 0.25) is 0 Å². The molecule has 0 aliphatic carbocycles. The van der Waals surface area contributed by atoms with Gasteiger partial charge in [0.1, 0.15) is 12.6 Å². The quantitative estimate of drug-likeness (QED) is 0.578. The number of nitrogen functional groups attached to an aromatic ring is 1. The van der Waals surface area contributed by atoms with Crippen molar-refractivity contribution >= 4 is 5.69 Å². The van der Waals surface area contributed by atoms with Crippen LogP contribution in [0.2, 0.25) is 0 Å². The van der Waals surface area contributed by atoms with Crippen LogP contribution in [0.3, 0.4) is 0 Å². The summed E-state index contributed by atoms with van der Waals surface area (Å²) in [7, 11) is 0. The van der Waals surface area contributed by atoms with Gasteiger partial charge in [0.15, 0.2) is 6.29 Å². The van der Waals surface area contributed by atoms with E-state index in [-0.39, 0.29) is 6.54 Å². The summed E-state index contributed by atoms with van der Waals surface area (Å²) in [4.78, 5) is 13.7. The van der Waals surface area contributed by atoms with E-state index in [4.69, 9.17) is 15.2 Å². The summed E-state index contributed by atoms with van der Waals surface area (Å²) >= 11 is 0. The van der Waals surface area contributed by atoms with E-state index in [2.05, 4.69) is 10.2 Å². The summed E-state index contributed by atoms with van der Waals surface area (Å²) in [5.74, 6) is 0. The number of aliphatic hydroxyl groups excluding tert-OH is 1. The Balaban J connectivity index is 1.95. The number of aromatic nitrogens is 1. The molecule has 1 aliphatic rings. The highest BCUT2D eigenvalue weighted by Gasteiger charge is 2.25. The van der Waals surface area contributed by atoms with Crippen molar-refractivity contribution in [3.05, 3.63) is 57.8 Å². The first-order chi connectivity index (χ1) is 10.7. The van der Waals surface area contributed by atoms with Gasteiger partial charge in [0.25, 0.3) is 0 Å². The van der Waals surface area contributed by atoms with E-state index in [0.29, 0.717) is 41.4 Å². The van der Waals surface area contributed by atoms with E-state index in [9.17, 15) is 10.0 Å². The van der Waals surface area contributed by atoms with E-state index in [1.807, 2.05) is 0 Å². The van der Waals surface area contributed by atoms with Gasteiger partial charge in [0, 0.05) is 16.9 Å². The van der Waals surface area contributed by atoms with Crippen molar-refractivity contribution in [1.82, 2.24) is 4.98 Å². The first kappa shape index (κ1) is 14.7. The molecule has 1 aromatic heterocycles. The molecule has 7 nitrogen and oxygen atoms in total. The van der Waals surface area contributed by atoms with Crippen molar-refractivity contribution in [3.63, 3.8) is 0 Å². The van der Waals surface area contributed by atoms with E-state index in [1.165, 1.54) is 0 Å². The van der Waals surface area contributed by atoms with Crippen LogP contribution in [-0.2, 0) is 16.0 Å². The highest BCUT2D eigenvalue weighted by atomic mass is 16.7. The van der Waals surface area contributed by atoms with Gasteiger partial charge in [-0.15, -0.1) is 0 Å². The number of nitrogens with one attached hydrogen (secondary N) is 1. The maximum Gasteiger partial charge on any atom is 0.199 e. The fourth-order valence-electron chi connectivity index (χ4n) is 2.55. The van der Waals surface area contributed by atoms with Crippen molar-refractivity contribution in [2.45, 2.75) is 18.9 Å². The molecule has 2 aromatic rings. The minimum atomic E-state index is -0.911. The molecule has 3 rings (SSSR count). The number of nitroso groups, excluding NO2 is 1. The van der Waals surface area contributed by atoms with Crippen LogP contribution < -0.4 is 5.73 Å². The largest absolute Gasteiger partial charge is 0.399 e. The number of nitrogens with two attached hydrogens (primary N) is 1. The smallest absolute Gasteiger partial charge is 0.199 e. The number of benzene rings is 1. The van der Waals surface area contributed by atoms with Crippen LogP contribution in [0.5, 0.6) is 0 Å². The molecular weight excluding hydrogens is 286 g/mol. The zero-order chi connectivity index (χ0) is 15.5. The second-order valence-corrected chi connectivity index (χ2v) is 5.09. The molecule has 0 saturated carbocycles. The topological polar surface area (TPSA) is 110 Å². The van der Waals surface area contributed by atoms with Crippen molar-refractivity contribution in [2.75, 3.05) is 18.9 Å². The SMILES string of the molecule is Nc1cccc(C(O)c2cc(C3OCCO3)[nH]c2CN=O)c1. The predicted molar refractivity (Wildman–Crippen MR) is 79.9 cm³/mol. The molecule has 1 aromatic carbocycles. The second-order valence-electron chi connectivity index (χ2n) is 5.09. The Bertz CT molecular complexity index is 665. The van der Waals surface area contributed by atoms with Gasteiger partial charge in [-0.2, -0.15) is 4.91 Å². The number of rotatable bonds is 5. The highest BCUT2D eigenvalue weighted by Crippen LogP contribution is 2.31. The highest BCUT2D eigenvalue weighted by molar-refractivity contribution is 5.44. The minimum Gasteiger partial charge on any atom is -0.399 e. The average Bonchev–Trinajstić information content (AvgIpc) is 3.16. The van der Waals surface area contributed by atoms with Crippen molar-refractivity contribution in [2.24, 2.45) is 5.18 Å². The van der Waals surface area contributed by atoms with Gasteiger partial charge in [0.05, 0.1) is 18.9 Å². The number of hydrogen-bond acceptors (Lipinski definition) is 6. The molecule has 0 radical (unpaired) electrons. The van der Waals surface area contributed by atoms with Gasteiger partial charge in [-0.25, -0.2) is 0 Å². The summed E-state index contributed by atoms with van der Waals surface area (Å²) in [6.07, 6.45) is -1.42. The molecule has 1 fully saturated rings. The van der Waals surface area contributed by atoms with Gasteiger partial charge >= 0.3 is 0 Å². The predicted octanol–water partition coefficient (Wildman–Crippen LogP) is 1.99. The third-order valence-electron chi connectivity index (χ3n) is 3.57. The standard InChI is InChI=1S/C15H17N3O4/c16-10-3-1-2-9(6-10)14(19)11-7-12(15-21-4-5-22-15)18-13(11)8-17-20/h1-3,6-7,14-15,18-19H,4-5,8,16H2. The molecular formula is C15H17N3O4. The number of hydrogen-bond donors (Lipinski definition) is 3. The molecule has 0 amide bonds. The zero-order valence-electron chi connectivity index (χ0n) is 11.9. The van der Waals surface area contributed by atoms with Gasteiger partial charge in [-0.1, -0.05) is 17.3 Å². The molecule has 1 atom stereocenters. The van der Waals surface area contributed by atoms with Crippen LogP contribution in [0.25, 0.3) is 0 Å². The lowest BCUT2D eigenvalue weighted by atomic mass is 10.0. The number of H-pyrrole nitrogens is 1. The monoisotopic (exact) mass is 303 g/mol. The Kier molecular flexibility index (Phi) is 4.19. The molecule has 1 unspecified atom stereocenters. The van der Waals surface area contributed by atoms with Crippen LogP contribution in [0, 0.1) is 4.91 Å². The molecule has 0 spiro atoms. The summed E-state index contributed by atoms with van der Waals surface area (Å²) in [6, 6.07) is 8.71. The Hall–Kier alpha value is -2.22. The normalized spacial score (nSPS) is 16.8. The van der Waals surface area contributed by atoms with Crippen molar-refractivity contribution in [3.8, 4) is 0 Å². The zero-order valence-corrected chi connectivity index (χ0v) is 11.9. The first-order valence-electron chi connectivity index (χ1n) is 6.96. The lowest BCUT2D eigenvalue weighted by Crippen LogP contribution is -2.02. The van der Waals surface area contributed by atoms with Gasteiger partial charge in [-0.3, -0.25) is 0 Å². The van der Waals surface area contributed by atoms with Crippen LogP contribution in [0.1, 0.15) is 34.9 Å². The molecule has 1 aliphatic heterocycles. The fraction of sp³-hybridized carbons (Fsp3) is 0.333. The molecule has 22 heavy (non-hydrogen) atoms. The molecule has 7 heteroatoms. The summed E-state index contributed by atoms with van der Waals surface area (Å²) in [5, 5.41) is 13.5. The van der Waals surface area contributed by atoms with E-state index in [1.54, 1.807) is 30.3 Å². The maximum atomic E-state index is 10.6. The Morgan fingerprint density at radius 2 is 2.14 bits per heavy atom. The fourth-order valence-corrected chi connectivity index (χ4v) is 2.55. The minimum absolute atomic E-state index is 0.0680. The van der Waals surface area contributed by atoms with Crippen LogP contribution >= 0.6 is 0 Å². The Morgan fingerprint density at radius 3 is 2.82 bits per heavy atom. The van der Waals surface area contributed by atoms with Crippen LogP contribution in [-0.4, -0.2) is 23.3 Å². The average molecular weight is 303 g/mol. The number of anilines is 1.